The monoisotopic (exact) mass is 293 g/mol. The molecule has 21 heavy (non-hydrogen) atoms. The van der Waals surface area contributed by atoms with Crippen LogP contribution in [0.15, 0.2) is 42.6 Å². The minimum Gasteiger partial charge on any atom is -0.433 e. The summed E-state index contributed by atoms with van der Waals surface area (Å²) in [6.07, 6.45) is 1.48. The van der Waals surface area contributed by atoms with Crippen molar-refractivity contribution in [2.75, 3.05) is 5.32 Å². The molecular weight excluding hydrogens is 280 g/mol. The Labute approximate surface area is 119 Å². The summed E-state index contributed by atoms with van der Waals surface area (Å²) in [5.41, 5.74) is 6.52. The minimum absolute atomic E-state index is 0.112. The number of aromatic nitrogens is 1. The van der Waals surface area contributed by atoms with Crippen LogP contribution in [0.1, 0.15) is 16.1 Å². The highest BCUT2D eigenvalue weighted by Gasteiger charge is 2.13. The van der Waals surface area contributed by atoms with Gasteiger partial charge < -0.3 is 15.8 Å². The van der Waals surface area contributed by atoms with E-state index in [-0.39, 0.29) is 17.1 Å². The number of nitrogens with two attached hydrogens (primary N) is 1. The van der Waals surface area contributed by atoms with Crippen LogP contribution in [0.3, 0.4) is 0 Å². The fourth-order valence-electron chi connectivity index (χ4n) is 1.63. The molecule has 0 saturated heterocycles. The smallest absolute Gasteiger partial charge is 0.387 e. The van der Waals surface area contributed by atoms with Crippen LogP contribution >= 0.6 is 0 Å². The number of alkyl halides is 2. The Hall–Kier alpha value is -2.54. The van der Waals surface area contributed by atoms with Crippen LogP contribution in [0.4, 0.5) is 14.5 Å². The summed E-state index contributed by atoms with van der Waals surface area (Å²) >= 11 is 0. The van der Waals surface area contributed by atoms with Gasteiger partial charge in [-0.05, 0) is 23.8 Å². The topological polar surface area (TPSA) is 77.2 Å². The highest BCUT2D eigenvalue weighted by atomic mass is 19.3. The molecule has 1 aromatic heterocycles. The van der Waals surface area contributed by atoms with E-state index in [0.717, 1.165) is 5.56 Å². The van der Waals surface area contributed by atoms with Gasteiger partial charge in [-0.15, -0.1) is 0 Å². The summed E-state index contributed by atoms with van der Waals surface area (Å²) in [4.78, 5) is 16.0. The molecule has 3 N–H and O–H groups in total. The van der Waals surface area contributed by atoms with E-state index in [4.69, 9.17) is 5.73 Å². The molecule has 5 nitrogen and oxygen atoms in total. The molecule has 0 fully saturated rings. The fraction of sp³-hybridized carbons (Fsp3) is 0.143. The molecule has 2 aromatic rings. The van der Waals surface area contributed by atoms with Gasteiger partial charge in [-0.25, -0.2) is 0 Å². The Morgan fingerprint density at radius 2 is 2.05 bits per heavy atom. The van der Waals surface area contributed by atoms with Crippen molar-refractivity contribution in [2.45, 2.75) is 13.2 Å². The van der Waals surface area contributed by atoms with Crippen molar-refractivity contribution in [3.05, 3.63) is 53.9 Å². The van der Waals surface area contributed by atoms with Crippen LogP contribution in [0.5, 0.6) is 5.75 Å². The Bertz CT molecular complexity index is 618. The highest BCUT2D eigenvalue weighted by Crippen LogP contribution is 2.25. The lowest BCUT2D eigenvalue weighted by molar-refractivity contribution is -0.0493. The zero-order valence-electron chi connectivity index (χ0n) is 10.9. The molecule has 1 heterocycles. The molecule has 7 heteroatoms. The third-order valence-corrected chi connectivity index (χ3v) is 2.64. The average Bonchev–Trinajstić information content (AvgIpc) is 2.49. The molecule has 1 amide bonds. The number of ether oxygens (including phenoxy) is 1. The first-order valence-electron chi connectivity index (χ1n) is 6.10. The number of nitrogens with one attached hydrogen (secondary N) is 1. The summed E-state index contributed by atoms with van der Waals surface area (Å²) in [7, 11) is 0. The molecule has 0 aliphatic carbocycles. The summed E-state index contributed by atoms with van der Waals surface area (Å²) in [6.45, 7) is -2.65. The number of rotatable bonds is 5. The molecule has 0 bridgehead atoms. The molecule has 2 rings (SSSR count). The van der Waals surface area contributed by atoms with E-state index in [9.17, 15) is 13.6 Å². The number of carbonyl (C=O) groups is 1. The summed E-state index contributed by atoms with van der Waals surface area (Å²) < 4.78 is 28.9. The predicted octanol–water partition coefficient (Wildman–Crippen LogP) is 2.39. The highest BCUT2D eigenvalue weighted by molar-refractivity contribution is 6.03. The van der Waals surface area contributed by atoms with E-state index >= 15 is 0 Å². The first-order valence-corrected chi connectivity index (χ1v) is 6.10. The molecule has 0 radical (unpaired) electrons. The number of halogens is 2. The number of pyridine rings is 1. The van der Waals surface area contributed by atoms with Gasteiger partial charge in [-0.2, -0.15) is 8.78 Å². The number of para-hydroxylation sites is 2. The van der Waals surface area contributed by atoms with E-state index in [2.05, 4.69) is 15.0 Å². The Morgan fingerprint density at radius 1 is 1.29 bits per heavy atom. The van der Waals surface area contributed by atoms with Gasteiger partial charge in [-0.3, -0.25) is 9.78 Å². The Morgan fingerprint density at radius 3 is 2.67 bits per heavy atom. The maximum Gasteiger partial charge on any atom is 0.387 e. The molecule has 0 aliphatic heterocycles. The summed E-state index contributed by atoms with van der Waals surface area (Å²) in [5.74, 6) is -0.636. The first kappa shape index (κ1) is 14.9. The van der Waals surface area contributed by atoms with E-state index in [0.29, 0.717) is 6.54 Å². The maximum absolute atomic E-state index is 12.3. The average molecular weight is 293 g/mol. The van der Waals surface area contributed by atoms with Gasteiger partial charge >= 0.3 is 6.61 Å². The zero-order valence-corrected chi connectivity index (χ0v) is 10.9. The number of amides is 1. The van der Waals surface area contributed by atoms with Gasteiger partial charge in [0, 0.05) is 12.7 Å². The summed E-state index contributed by atoms with van der Waals surface area (Å²) in [5, 5.41) is 2.48. The number of hydrogen-bond acceptors (Lipinski definition) is 4. The second-order valence-electron chi connectivity index (χ2n) is 4.08. The number of anilines is 1. The van der Waals surface area contributed by atoms with E-state index in [1.54, 1.807) is 12.1 Å². The lowest BCUT2D eigenvalue weighted by Crippen LogP contribution is -2.15. The van der Waals surface area contributed by atoms with Gasteiger partial charge in [0.15, 0.2) is 0 Å². The van der Waals surface area contributed by atoms with Crippen molar-refractivity contribution in [1.29, 1.82) is 0 Å². The molecule has 0 spiro atoms. The quantitative estimate of drug-likeness (QED) is 0.887. The third kappa shape index (κ3) is 3.96. The van der Waals surface area contributed by atoms with Crippen molar-refractivity contribution in [3.8, 4) is 5.75 Å². The van der Waals surface area contributed by atoms with Gasteiger partial charge in [-0.1, -0.05) is 18.2 Å². The predicted molar refractivity (Wildman–Crippen MR) is 73.2 cm³/mol. The van der Waals surface area contributed by atoms with Gasteiger partial charge in [0.1, 0.15) is 11.4 Å². The SMILES string of the molecule is NCc1ccc(C(=O)Nc2ccccc2OC(F)F)nc1. The largest absolute Gasteiger partial charge is 0.433 e. The van der Waals surface area contributed by atoms with Crippen molar-refractivity contribution in [2.24, 2.45) is 5.73 Å². The second-order valence-corrected chi connectivity index (χ2v) is 4.08. The van der Waals surface area contributed by atoms with Crippen LogP contribution in [-0.4, -0.2) is 17.5 Å². The second kappa shape index (κ2) is 6.76. The lowest BCUT2D eigenvalue weighted by Gasteiger charge is -2.11. The van der Waals surface area contributed by atoms with Crippen molar-refractivity contribution in [3.63, 3.8) is 0 Å². The third-order valence-electron chi connectivity index (χ3n) is 2.64. The molecule has 0 atom stereocenters. The van der Waals surface area contributed by atoms with Crippen LogP contribution in [0, 0.1) is 0 Å². The number of hydrogen-bond donors (Lipinski definition) is 2. The molecule has 0 aliphatic rings. The van der Waals surface area contributed by atoms with Crippen molar-refractivity contribution in [1.82, 2.24) is 4.98 Å². The lowest BCUT2D eigenvalue weighted by atomic mass is 10.2. The van der Waals surface area contributed by atoms with Gasteiger partial charge in [0.25, 0.3) is 5.91 Å². The fourth-order valence-corrected chi connectivity index (χ4v) is 1.63. The van der Waals surface area contributed by atoms with E-state index in [1.165, 1.54) is 30.5 Å². The molecule has 0 unspecified atom stereocenters. The molecular formula is C14H13F2N3O2. The van der Waals surface area contributed by atoms with Crippen LogP contribution in [0.25, 0.3) is 0 Å². The molecule has 0 saturated carbocycles. The standard InChI is InChI=1S/C14H13F2N3O2/c15-14(16)21-12-4-2-1-3-10(12)19-13(20)11-6-5-9(7-17)8-18-11/h1-6,8,14H,7,17H2,(H,19,20). The molecule has 1 aromatic carbocycles. The number of carbonyl (C=O) groups excluding carboxylic acids is 1. The molecule has 110 valence electrons. The van der Waals surface area contributed by atoms with Gasteiger partial charge in [0.2, 0.25) is 0 Å². The zero-order chi connectivity index (χ0) is 15.2. The van der Waals surface area contributed by atoms with Crippen molar-refractivity contribution < 1.29 is 18.3 Å². The van der Waals surface area contributed by atoms with Crippen LogP contribution in [0.2, 0.25) is 0 Å². The number of benzene rings is 1. The Balaban J connectivity index is 2.15. The van der Waals surface area contributed by atoms with Gasteiger partial charge in [0.05, 0.1) is 5.69 Å². The van der Waals surface area contributed by atoms with E-state index < -0.39 is 12.5 Å². The Kier molecular flexibility index (Phi) is 4.78. The minimum atomic E-state index is -2.97. The normalized spacial score (nSPS) is 10.5. The van der Waals surface area contributed by atoms with Crippen molar-refractivity contribution >= 4 is 11.6 Å². The van der Waals surface area contributed by atoms with Crippen LogP contribution in [-0.2, 0) is 6.54 Å². The maximum atomic E-state index is 12.3. The number of nitrogens with zero attached hydrogens (tertiary/aromatic N) is 1. The van der Waals surface area contributed by atoms with Crippen LogP contribution < -0.4 is 15.8 Å². The first-order chi connectivity index (χ1) is 10.1. The van der Waals surface area contributed by atoms with E-state index in [1.807, 2.05) is 0 Å². The summed E-state index contributed by atoms with van der Waals surface area (Å²) in [6, 6.07) is 9.11.